The van der Waals surface area contributed by atoms with Gasteiger partial charge in [-0.25, -0.2) is 4.98 Å². The van der Waals surface area contributed by atoms with Crippen LogP contribution in [0.25, 0.3) is 0 Å². The third-order valence-electron chi connectivity index (χ3n) is 7.74. The lowest BCUT2D eigenvalue weighted by molar-refractivity contribution is -0.146. The van der Waals surface area contributed by atoms with Crippen molar-refractivity contribution in [2.75, 3.05) is 19.3 Å². The number of aromatic nitrogens is 1. The molecular formula is C24H37N5O2. The molecule has 1 aliphatic heterocycles. The van der Waals surface area contributed by atoms with Crippen LogP contribution in [0.2, 0.25) is 0 Å². The Hall–Kier alpha value is -2.15. The molecule has 1 aromatic heterocycles. The Labute approximate surface area is 185 Å². The number of nitrogens with two attached hydrogens (primary N) is 1. The summed E-state index contributed by atoms with van der Waals surface area (Å²) in [6.07, 6.45) is 9.95. The van der Waals surface area contributed by atoms with Crippen LogP contribution in [0.5, 0.6) is 0 Å². The largest absolute Gasteiger partial charge is 0.384 e. The Morgan fingerprint density at radius 3 is 2.71 bits per heavy atom. The minimum Gasteiger partial charge on any atom is -0.384 e. The molecule has 1 saturated heterocycles. The van der Waals surface area contributed by atoms with Gasteiger partial charge in [-0.2, -0.15) is 0 Å². The minimum absolute atomic E-state index is 0.0192. The quantitative estimate of drug-likeness (QED) is 0.621. The van der Waals surface area contributed by atoms with Crippen molar-refractivity contribution in [1.29, 1.82) is 0 Å². The van der Waals surface area contributed by atoms with Crippen LogP contribution in [-0.2, 0) is 16.1 Å². The summed E-state index contributed by atoms with van der Waals surface area (Å²) >= 11 is 0. The highest BCUT2D eigenvalue weighted by molar-refractivity contribution is 5.96. The SMILES string of the molecule is CNC(CC1CCCCC1)C(=O)N1CCCC2CC21C(=O)NCc1ccc(N)nc1C. The third kappa shape index (κ3) is 4.43. The van der Waals surface area contributed by atoms with E-state index in [0.29, 0.717) is 24.8 Å². The van der Waals surface area contributed by atoms with Crippen molar-refractivity contribution < 1.29 is 9.59 Å². The van der Waals surface area contributed by atoms with E-state index in [1.54, 1.807) is 6.07 Å². The number of likely N-dealkylation sites (N-methyl/N-ethyl adjacent to an activating group) is 1. The zero-order valence-electron chi connectivity index (χ0n) is 19.0. The van der Waals surface area contributed by atoms with Gasteiger partial charge < -0.3 is 21.3 Å². The Morgan fingerprint density at radius 1 is 1.23 bits per heavy atom. The highest BCUT2D eigenvalue weighted by Crippen LogP contribution is 2.54. The number of hydrogen-bond acceptors (Lipinski definition) is 5. The predicted molar refractivity (Wildman–Crippen MR) is 121 cm³/mol. The molecule has 2 saturated carbocycles. The summed E-state index contributed by atoms with van der Waals surface area (Å²) < 4.78 is 0. The van der Waals surface area contributed by atoms with E-state index in [1.807, 2.05) is 24.9 Å². The Kier molecular flexibility index (Phi) is 6.51. The lowest BCUT2D eigenvalue weighted by atomic mass is 9.84. The second-order valence-corrected chi connectivity index (χ2v) is 9.70. The van der Waals surface area contributed by atoms with E-state index in [-0.39, 0.29) is 23.8 Å². The number of piperidine rings is 1. The fourth-order valence-corrected chi connectivity index (χ4v) is 5.80. The first kappa shape index (κ1) is 22.1. The van der Waals surface area contributed by atoms with Crippen molar-refractivity contribution in [1.82, 2.24) is 20.5 Å². The van der Waals surface area contributed by atoms with E-state index in [9.17, 15) is 9.59 Å². The number of likely N-dealkylation sites (tertiary alicyclic amines) is 1. The molecule has 170 valence electrons. The van der Waals surface area contributed by atoms with E-state index >= 15 is 0 Å². The molecule has 7 heteroatoms. The maximum absolute atomic E-state index is 13.6. The second kappa shape index (κ2) is 9.15. The maximum Gasteiger partial charge on any atom is 0.246 e. The Morgan fingerprint density at radius 2 is 2.00 bits per heavy atom. The molecule has 3 aliphatic rings. The van der Waals surface area contributed by atoms with Crippen LogP contribution in [0.4, 0.5) is 5.82 Å². The number of pyridine rings is 1. The van der Waals surface area contributed by atoms with E-state index in [4.69, 9.17) is 5.73 Å². The number of anilines is 1. The predicted octanol–water partition coefficient (Wildman–Crippen LogP) is 2.53. The number of aryl methyl sites for hydroxylation is 1. The summed E-state index contributed by atoms with van der Waals surface area (Å²) in [5, 5.41) is 6.37. The number of amides is 2. The van der Waals surface area contributed by atoms with Gasteiger partial charge in [0, 0.05) is 18.8 Å². The number of nitrogen functional groups attached to an aromatic ring is 1. The molecular weight excluding hydrogens is 390 g/mol. The van der Waals surface area contributed by atoms with Crippen LogP contribution in [-0.4, -0.2) is 46.9 Å². The molecule has 1 aromatic rings. The first-order chi connectivity index (χ1) is 15.0. The van der Waals surface area contributed by atoms with Crippen LogP contribution in [0.1, 0.15) is 69.0 Å². The van der Waals surface area contributed by atoms with E-state index < -0.39 is 5.54 Å². The molecule has 4 rings (SSSR count). The molecule has 7 nitrogen and oxygen atoms in total. The van der Waals surface area contributed by atoms with E-state index in [0.717, 1.165) is 36.9 Å². The van der Waals surface area contributed by atoms with E-state index in [2.05, 4.69) is 15.6 Å². The number of fused-ring (bicyclic) bond motifs is 1. The number of hydrogen-bond donors (Lipinski definition) is 3. The zero-order chi connectivity index (χ0) is 22.0. The summed E-state index contributed by atoms with van der Waals surface area (Å²) in [5.74, 6) is 1.46. The second-order valence-electron chi connectivity index (χ2n) is 9.70. The molecule has 3 atom stereocenters. The molecule has 2 amide bonds. The zero-order valence-corrected chi connectivity index (χ0v) is 19.0. The molecule has 0 aromatic carbocycles. The monoisotopic (exact) mass is 427 g/mol. The Bertz CT molecular complexity index is 822. The van der Waals surface area contributed by atoms with Gasteiger partial charge in [0.05, 0.1) is 6.04 Å². The van der Waals surface area contributed by atoms with Gasteiger partial charge >= 0.3 is 0 Å². The summed E-state index contributed by atoms with van der Waals surface area (Å²) in [7, 11) is 1.88. The van der Waals surface area contributed by atoms with Gasteiger partial charge in [-0.1, -0.05) is 38.2 Å². The maximum atomic E-state index is 13.6. The average Bonchev–Trinajstić information content (AvgIpc) is 3.53. The molecule has 4 N–H and O–H groups in total. The summed E-state index contributed by atoms with van der Waals surface area (Å²) in [4.78, 5) is 33.1. The van der Waals surface area contributed by atoms with Crippen LogP contribution >= 0.6 is 0 Å². The number of rotatable bonds is 7. The number of carbonyl (C=O) groups excluding carboxylic acids is 2. The standard InChI is InChI=1S/C24H37N5O2/c1-16-18(10-11-21(25)28-16)15-27-23(31)24-14-19(24)9-6-12-29(24)22(30)20(26-2)13-17-7-4-3-5-8-17/h10-11,17,19-20,26H,3-9,12-15H2,1-2H3,(H2,25,28)(H,27,31). The summed E-state index contributed by atoms with van der Waals surface area (Å²) in [6.45, 7) is 2.98. The van der Waals surface area contributed by atoms with Crippen molar-refractivity contribution in [3.05, 3.63) is 23.4 Å². The molecule has 3 fully saturated rings. The molecule has 2 aliphatic carbocycles. The Balaban J connectivity index is 1.44. The fraction of sp³-hybridized carbons (Fsp3) is 0.708. The molecule has 31 heavy (non-hydrogen) atoms. The summed E-state index contributed by atoms with van der Waals surface area (Å²) in [5.41, 5.74) is 6.86. The van der Waals surface area contributed by atoms with Crippen molar-refractivity contribution in [3.63, 3.8) is 0 Å². The lowest BCUT2D eigenvalue weighted by Crippen LogP contribution is -2.59. The topological polar surface area (TPSA) is 100 Å². The molecule has 0 radical (unpaired) electrons. The van der Waals surface area contributed by atoms with E-state index in [1.165, 1.54) is 32.1 Å². The van der Waals surface area contributed by atoms with Gasteiger partial charge in [0.2, 0.25) is 11.8 Å². The summed E-state index contributed by atoms with van der Waals surface area (Å²) in [6, 6.07) is 3.47. The van der Waals surface area contributed by atoms with Gasteiger partial charge in [-0.15, -0.1) is 0 Å². The van der Waals surface area contributed by atoms with Crippen molar-refractivity contribution >= 4 is 17.6 Å². The lowest BCUT2D eigenvalue weighted by Gasteiger charge is -2.38. The van der Waals surface area contributed by atoms with Gasteiger partial charge in [0.25, 0.3) is 0 Å². The van der Waals surface area contributed by atoms with Crippen molar-refractivity contribution in [2.45, 2.75) is 82.8 Å². The minimum atomic E-state index is -0.661. The van der Waals surface area contributed by atoms with Crippen LogP contribution in [0.15, 0.2) is 12.1 Å². The normalized spacial score (nSPS) is 26.8. The van der Waals surface area contributed by atoms with Gasteiger partial charge in [-0.05, 0) is 63.1 Å². The average molecular weight is 428 g/mol. The number of carbonyl (C=O) groups is 2. The fourth-order valence-electron chi connectivity index (χ4n) is 5.80. The molecule has 2 heterocycles. The molecule has 0 spiro atoms. The first-order valence-electron chi connectivity index (χ1n) is 11.9. The van der Waals surface area contributed by atoms with Crippen molar-refractivity contribution in [2.24, 2.45) is 11.8 Å². The highest BCUT2D eigenvalue weighted by atomic mass is 16.2. The van der Waals surface area contributed by atoms with Gasteiger partial charge in [-0.3, -0.25) is 9.59 Å². The van der Waals surface area contributed by atoms with Crippen LogP contribution < -0.4 is 16.4 Å². The molecule has 0 bridgehead atoms. The van der Waals surface area contributed by atoms with Gasteiger partial charge in [0.1, 0.15) is 11.4 Å². The van der Waals surface area contributed by atoms with Crippen LogP contribution in [0.3, 0.4) is 0 Å². The third-order valence-corrected chi connectivity index (χ3v) is 7.74. The number of nitrogens with zero attached hydrogens (tertiary/aromatic N) is 2. The van der Waals surface area contributed by atoms with Crippen molar-refractivity contribution in [3.8, 4) is 0 Å². The van der Waals surface area contributed by atoms with Crippen LogP contribution in [0, 0.1) is 18.8 Å². The molecule has 3 unspecified atom stereocenters. The highest BCUT2D eigenvalue weighted by Gasteiger charge is 2.66. The van der Waals surface area contributed by atoms with Gasteiger partial charge in [0.15, 0.2) is 0 Å². The smallest absolute Gasteiger partial charge is 0.246 e. The number of nitrogens with one attached hydrogen (secondary N) is 2. The first-order valence-corrected chi connectivity index (χ1v) is 11.9.